The van der Waals surface area contributed by atoms with Crippen molar-refractivity contribution < 1.29 is 9.18 Å². The fraction of sp³-hybridized carbons (Fsp3) is 0.120. The van der Waals surface area contributed by atoms with Crippen molar-refractivity contribution in [1.29, 1.82) is 0 Å². The highest BCUT2D eigenvalue weighted by Crippen LogP contribution is 2.33. The van der Waals surface area contributed by atoms with E-state index >= 15 is 0 Å². The van der Waals surface area contributed by atoms with Crippen LogP contribution < -0.4 is 5.32 Å². The van der Waals surface area contributed by atoms with Gasteiger partial charge in [0.2, 0.25) is 5.91 Å². The second kappa shape index (κ2) is 9.15. The maximum absolute atomic E-state index is 13.6. The molecular formula is C25H20FN9OS. The van der Waals surface area contributed by atoms with Crippen LogP contribution in [0.15, 0.2) is 55.1 Å². The first-order valence-corrected chi connectivity index (χ1v) is 12.1. The molecule has 0 aliphatic carbocycles. The van der Waals surface area contributed by atoms with Gasteiger partial charge in [0.1, 0.15) is 16.9 Å². The highest BCUT2D eigenvalue weighted by atomic mass is 32.1. The van der Waals surface area contributed by atoms with Gasteiger partial charge in [-0.1, -0.05) is 0 Å². The summed E-state index contributed by atoms with van der Waals surface area (Å²) in [7, 11) is 3.66. The van der Waals surface area contributed by atoms with Gasteiger partial charge in [-0.3, -0.25) is 24.8 Å². The SMILES string of the molecule is CN(C)CC(=O)Nc1cncc(-c2cc3c(-c4nc5c(-c6ccc(F)s6)nccc5[nH]4)n[nH]c3cn2)c1. The van der Waals surface area contributed by atoms with Crippen LogP contribution in [0, 0.1) is 5.13 Å². The Bertz CT molecular complexity index is 1770. The van der Waals surface area contributed by atoms with Crippen LogP contribution in [0.5, 0.6) is 0 Å². The summed E-state index contributed by atoms with van der Waals surface area (Å²) in [5, 5.41) is 10.9. The number of fused-ring (bicyclic) bond motifs is 2. The van der Waals surface area contributed by atoms with Gasteiger partial charge in [0.25, 0.3) is 0 Å². The van der Waals surface area contributed by atoms with Crippen molar-refractivity contribution in [1.82, 2.24) is 40.0 Å². The average molecular weight is 514 g/mol. The van der Waals surface area contributed by atoms with Crippen molar-refractivity contribution in [3.63, 3.8) is 0 Å². The molecule has 6 rings (SSSR count). The molecular weight excluding hydrogens is 493 g/mol. The Kier molecular flexibility index (Phi) is 5.66. The van der Waals surface area contributed by atoms with Crippen LogP contribution in [0.25, 0.3) is 55.3 Å². The predicted octanol–water partition coefficient (Wildman–Crippen LogP) is 4.33. The normalized spacial score (nSPS) is 11.6. The van der Waals surface area contributed by atoms with E-state index in [0.29, 0.717) is 39.0 Å². The molecule has 0 aliphatic heterocycles. The topological polar surface area (TPSA) is 128 Å². The summed E-state index contributed by atoms with van der Waals surface area (Å²) >= 11 is 1.02. The first kappa shape index (κ1) is 22.9. The number of amides is 1. The van der Waals surface area contributed by atoms with Crippen molar-refractivity contribution in [3.8, 4) is 33.3 Å². The van der Waals surface area contributed by atoms with E-state index in [1.165, 1.54) is 6.07 Å². The Morgan fingerprint density at radius 3 is 2.78 bits per heavy atom. The molecule has 3 N–H and O–H groups in total. The van der Waals surface area contributed by atoms with E-state index in [0.717, 1.165) is 33.3 Å². The number of aromatic amines is 2. The monoisotopic (exact) mass is 513 g/mol. The van der Waals surface area contributed by atoms with Gasteiger partial charge in [-0.2, -0.15) is 9.49 Å². The van der Waals surface area contributed by atoms with E-state index in [-0.39, 0.29) is 17.6 Å². The van der Waals surface area contributed by atoms with Crippen LogP contribution in [-0.2, 0) is 4.79 Å². The molecule has 6 aromatic rings. The lowest BCUT2D eigenvalue weighted by Gasteiger charge is -2.10. The van der Waals surface area contributed by atoms with Crippen molar-refractivity contribution in [2.75, 3.05) is 26.0 Å². The third-order valence-electron chi connectivity index (χ3n) is 5.66. The number of halogens is 1. The van der Waals surface area contributed by atoms with Gasteiger partial charge in [0, 0.05) is 23.3 Å². The Balaban J connectivity index is 1.38. The number of hydrogen-bond donors (Lipinski definition) is 3. The molecule has 0 unspecified atom stereocenters. The molecule has 0 radical (unpaired) electrons. The van der Waals surface area contributed by atoms with Crippen LogP contribution in [0.1, 0.15) is 0 Å². The quantitative estimate of drug-likeness (QED) is 0.302. The number of thiophene rings is 1. The number of anilines is 1. The Hall–Kier alpha value is -4.55. The number of nitrogens with zero attached hydrogens (tertiary/aromatic N) is 6. The zero-order valence-electron chi connectivity index (χ0n) is 19.8. The van der Waals surface area contributed by atoms with Gasteiger partial charge in [0.15, 0.2) is 11.0 Å². The fourth-order valence-electron chi connectivity index (χ4n) is 4.06. The summed E-state index contributed by atoms with van der Waals surface area (Å²) < 4.78 is 13.6. The van der Waals surface area contributed by atoms with Gasteiger partial charge in [-0.25, -0.2) is 4.98 Å². The molecule has 37 heavy (non-hydrogen) atoms. The first-order chi connectivity index (χ1) is 17.9. The molecule has 0 aromatic carbocycles. The summed E-state index contributed by atoms with van der Waals surface area (Å²) in [6.07, 6.45) is 6.65. The molecule has 0 fully saturated rings. The number of imidazole rings is 1. The highest BCUT2D eigenvalue weighted by Gasteiger charge is 2.18. The number of H-pyrrole nitrogens is 2. The van der Waals surface area contributed by atoms with Crippen LogP contribution in [0.3, 0.4) is 0 Å². The number of likely N-dealkylation sites (N-methyl/N-ethyl adjacent to an activating group) is 1. The minimum Gasteiger partial charge on any atom is -0.336 e. The van der Waals surface area contributed by atoms with Crippen molar-refractivity contribution in [2.24, 2.45) is 0 Å². The molecule has 0 aliphatic rings. The van der Waals surface area contributed by atoms with E-state index in [1.54, 1.807) is 35.8 Å². The van der Waals surface area contributed by atoms with Gasteiger partial charge in [-0.15, -0.1) is 11.3 Å². The number of carbonyl (C=O) groups excluding carboxylic acids is 1. The van der Waals surface area contributed by atoms with E-state index in [9.17, 15) is 9.18 Å². The first-order valence-electron chi connectivity index (χ1n) is 11.3. The van der Waals surface area contributed by atoms with E-state index in [2.05, 4.69) is 35.5 Å². The minimum absolute atomic E-state index is 0.131. The van der Waals surface area contributed by atoms with Gasteiger partial charge in [-0.05, 0) is 44.4 Å². The van der Waals surface area contributed by atoms with Crippen LogP contribution in [-0.4, -0.2) is 66.6 Å². The van der Waals surface area contributed by atoms with E-state index in [4.69, 9.17) is 4.98 Å². The number of aromatic nitrogens is 7. The second-order valence-electron chi connectivity index (χ2n) is 8.68. The third-order valence-corrected chi connectivity index (χ3v) is 6.54. The minimum atomic E-state index is -0.279. The molecule has 1 amide bonds. The maximum Gasteiger partial charge on any atom is 0.238 e. The van der Waals surface area contributed by atoms with E-state index in [1.807, 2.05) is 32.3 Å². The van der Waals surface area contributed by atoms with Crippen LogP contribution in [0.2, 0.25) is 0 Å². The van der Waals surface area contributed by atoms with Gasteiger partial charge < -0.3 is 15.2 Å². The predicted molar refractivity (Wildman–Crippen MR) is 140 cm³/mol. The number of hydrogen-bond acceptors (Lipinski definition) is 8. The zero-order chi connectivity index (χ0) is 25.5. The lowest BCUT2D eigenvalue weighted by atomic mass is 10.1. The Labute approximate surface area is 213 Å². The second-order valence-corrected chi connectivity index (χ2v) is 9.71. The average Bonchev–Trinajstić information content (AvgIpc) is 3.60. The summed E-state index contributed by atoms with van der Waals surface area (Å²) in [5.74, 6) is 0.418. The maximum atomic E-state index is 13.6. The molecule has 6 aromatic heterocycles. The van der Waals surface area contributed by atoms with Crippen LogP contribution in [0.4, 0.5) is 10.1 Å². The molecule has 0 bridgehead atoms. The smallest absolute Gasteiger partial charge is 0.238 e. The number of rotatable bonds is 6. The number of pyridine rings is 3. The van der Waals surface area contributed by atoms with Crippen molar-refractivity contribution in [3.05, 3.63) is 60.3 Å². The summed E-state index contributed by atoms with van der Waals surface area (Å²) in [5.41, 5.74) is 5.35. The molecule has 0 spiro atoms. The summed E-state index contributed by atoms with van der Waals surface area (Å²) in [6.45, 7) is 0.267. The number of nitrogens with one attached hydrogen (secondary N) is 3. The summed E-state index contributed by atoms with van der Waals surface area (Å²) in [4.78, 5) is 36.0. The molecule has 0 saturated heterocycles. The lowest BCUT2D eigenvalue weighted by Crippen LogP contribution is -2.27. The van der Waals surface area contributed by atoms with Gasteiger partial charge in [0.05, 0.1) is 46.2 Å². The fourth-order valence-corrected chi connectivity index (χ4v) is 4.79. The lowest BCUT2D eigenvalue weighted by molar-refractivity contribution is -0.116. The summed E-state index contributed by atoms with van der Waals surface area (Å²) in [6, 6.07) is 8.67. The van der Waals surface area contributed by atoms with Gasteiger partial charge >= 0.3 is 0 Å². The largest absolute Gasteiger partial charge is 0.336 e. The Morgan fingerprint density at radius 2 is 1.97 bits per heavy atom. The molecule has 12 heteroatoms. The van der Waals surface area contributed by atoms with Crippen LogP contribution >= 0.6 is 11.3 Å². The molecule has 10 nitrogen and oxygen atoms in total. The Morgan fingerprint density at radius 1 is 1.08 bits per heavy atom. The molecule has 6 heterocycles. The highest BCUT2D eigenvalue weighted by molar-refractivity contribution is 7.13. The van der Waals surface area contributed by atoms with Crippen molar-refractivity contribution in [2.45, 2.75) is 0 Å². The standard InChI is InChI=1S/C25H20FN9OS/c1-35(2)12-21(36)30-14-7-13(9-27-10-14)17-8-15-18(11-29-17)33-34-22(15)25-31-16-5-6-28-24(23(16)32-25)19-3-4-20(26)37-19/h3-11H,12H2,1-2H3,(H,30,36)(H,31,32)(H,33,34). The van der Waals surface area contributed by atoms with E-state index < -0.39 is 0 Å². The zero-order valence-corrected chi connectivity index (χ0v) is 20.6. The van der Waals surface area contributed by atoms with Crippen molar-refractivity contribution >= 4 is 44.9 Å². The third kappa shape index (κ3) is 4.43. The number of carbonyl (C=O) groups is 1. The molecule has 0 saturated carbocycles. The molecule has 0 atom stereocenters. The molecule has 184 valence electrons.